The third kappa shape index (κ3) is 2.84. The molecule has 0 fully saturated rings. The van der Waals surface area contributed by atoms with Gasteiger partial charge in [0.15, 0.2) is 0 Å². The molecule has 0 aliphatic heterocycles. The topological polar surface area (TPSA) is 77.8 Å². The van der Waals surface area contributed by atoms with Gasteiger partial charge in [-0.05, 0) is 25.5 Å². The van der Waals surface area contributed by atoms with Crippen LogP contribution in [0.3, 0.4) is 0 Å². The quantitative estimate of drug-likeness (QED) is 0.632. The Morgan fingerprint density at radius 3 is 2.83 bits per heavy atom. The number of anilines is 1. The first-order valence-corrected chi connectivity index (χ1v) is 4.10. The van der Waals surface area contributed by atoms with Crippen LogP contribution in [0.5, 0.6) is 0 Å². The maximum atomic E-state index is 5.49. The molecule has 1 aromatic heterocycles. The van der Waals surface area contributed by atoms with Crippen LogP contribution in [0.4, 0.5) is 5.82 Å². The van der Waals surface area contributed by atoms with Gasteiger partial charge in [0.05, 0.1) is 0 Å². The molecule has 0 bridgehead atoms. The van der Waals surface area contributed by atoms with Crippen molar-refractivity contribution in [2.75, 3.05) is 12.3 Å². The van der Waals surface area contributed by atoms with Crippen molar-refractivity contribution in [1.82, 2.24) is 9.97 Å². The van der Waals surface area contributed by atoms with Crippen molar-refractivity contribution < 1.29 is 0 Å². The van der Waals surface area contributed by atoms with Crippen LogP contribution in [0.15, 0.2) is 12.3 Å². The van der Waals surface area contributed by atoms with Gasteiger partial charge in [0.1, 0.15) is 11.6 Å². The third-order valence-corrected chi connectivity index (χ3v) is 1.58. The highest BCUT2D eigenvalue weighted by Gasteiger charge is 1.95. The molecule has 1 heterocycles. The van der Waals surface area contributed by atoms with Crippen LogP contribution in [0.1, 0.15) is 18.7 Å². The Hall–Kier alpha value is -1.16. The van der Waals surface area contributed by atoms with Gasteiger partial charge in [-0.2, -0.15) is 0 Å². The van der Waals surface area contributed by atoms with E-state index < -0.39 is 0 Å². The third-order valence-electron chi connectivity index (χ3n) is 1.58. The van der Waals surface area contributed by atoms with Crippen molar-refractivity contribution in [3.05, 3.63) is 18.1 Å². The number of hydrogen-bond donors (Lipinski definition) is 2. The lowest BCUT2D eigenvalue weighted by molar-refractivity contribution is 0.717. The van der Waals surface area contributed by atoms with Gasteiger partial charge in [-0.15, -0.1) is 0 Å². The van der Waals surface area contributed by atoms with Gasteiger partial charge >= 0.3 is 0 Å². The summed E-state index contributed by atoms with van der Waals surface area (Å²) in [5, 5.41) is 0. The fourth-order valence-electron chi connectivity index (χ4n) is 0.963. The predicted octanol–water partition coefficient (Wildman–Crippen LogP) is 0.340. The minimum absolute atomic E-state index is 0.535. The summed E-state index contributed by atoms with van der Waals surface area (Å²) in [6.07, 6.45) is 4.58. The highest BCUT2D eigenvalue weighted by molar-refractivity contribution is 5.24. The standard InChI is InChI=1S/C8H14N4/c9-5-2-1-3-8-11-6-4-7(10)12-8/h4,6H,1-3,5,9H2,(H2,10,11,12). The largest absolute Gasteiger partial charge is 0.384 e. The average Bonchev–Trinajstić information content (AvgIpc) is 2.05. The molecule has 12 heavy (non-hydrogen) atoms. The van der Waals surface area contributed by atoms with Crippen molar-refractivity contribution >= 4 is 5.82 Å². The van der Waals surface area contributed by atoms with Crippen LogP contribution in [0.25, 0.3) is 0 Å². The first-order chi connectivity index (χ1) is 5.83. The SMILES string of the molecule is NCCCCc1nccc(N)n1. The van der Waals surface area contributed by atoms with Crippen molar-refractivity contribution in [3.63, 3.8) is 0 Å². The summed E-state index contributed by atoms with van der Waals surface area (Å²) >= 11 is 0. The molecular weight excluding hydrogens is 152 g/mol. The van der Waals surface area contributed by atoms with Crippen LogP contribution in [-0.4, -0.2) is 16.5 Å². The second kappa shape index (κ2) is 4.66. The van der Waals surface area contributed by atoms with Crippen LogP contribution >= 0.6 is 0 Å². The first-order valence-electron chi connectivity index (χ1n) is 4.10. The summed E-state index contributed by atoms with van der Waals surface area (Å²) in [7, 11) is 0. The molecule has 1 rings (SSSR count). The van der Waals surface area contributed by atoms with Gasteiger partial charge in [0.2, 0.25) is 0 Å². The molecule has 0 aliphatic carbocycles. The Labute approximate surface area is 72.0 Å². The Bertz CT molecular complexity index is 236. The molecule has 0 amide bonds. The second-order valence-corrected chi connectivity index (χ2v) is 2.64. The number of nitrogen functional groups attached to an aromatic ring is 1. The van der Waals surface area contributed by atoms with Gasteiger partial charge in [0.25, 0.3) is 0 Å². The summed E-state index contributed by atoms with van der Waals surface area (Å²) in [5.41, 5.74) is 10.8. The number of hydrogen-bond acceptors (Lipinski definition) is 4. The van der Waals surface area contributed by atoms with E-state index in [2.05, 4.69) is 9.97 Å². The summed E-state index contributed by atoms with van der Waals surface area (Å²) in [4.78, 5) is 8.15. The Kier molecular flexibility index (Phi) is 3.47. The van der Waals surface area contributed by atoms with E-state index in [1.54, 1.807) is 12.3 Å². The van der Waals surface area contributed by atoms with Gasteiger partial charge in [-0.3, -0.25) is 0 Å². The molecule has 0 unspecified atom stereocenters. The maximum absolute atomic E-state index is 5.49. The molecule has 66 valence electrons. The van der Waals surface area contributed by atoms with E-state index in [-0.39, 0.29) is 0 Å². The predicted molar refractivity (Wildman–Crippen MR) is 48.4 cm³/mol. The number of aromatic nitrogens is 2. The zero-order valence-electron chi connectivity index (χ0n) is 7.03. The maximum Gasteiger partial charge on any atom is 0.130 e. The lowest BCUT2D eigenvalue weighted by Crippen LogP contribution is -2.02. The zero-order valence-corrected chi connectivity index (χ0v) is 7.03. The van der Waals surface area contributed by atoms with Crippen molar-refractivity contribution in [1.29, 1.82) is 0 Å². The second-order valence-electron chi connectivity index (χ2n) is 2.64. The summed E-state index contributed by atoms with van der Waals surface area (Å²) < 4.78 is 0. The Morgan fingerprint density at radius 2 is 2.17 bits per heavy atom. The summed E-state index contributed by atoms with van der Waals surface area (Å²) in [6.45, 7) is 0.725. The van der Waals surface area contributed by atoms with Crippen molar-refractivity contribution in [3.8, 4) is 0 Å². The number of aryl methyl sites for hydroxylation is 1. The van der Waals surface area contributed by atoms with E-state index in [0.717, 1.165) is 31.6 Å². The number of nitrogens with zero attached hydrogens (tertiary/aromatic N) is 2. The van der Waals surface area contributed by atoms with E-state index in [1.807, 2.05) is 0 Å². The number of unbranched alkanes of at least 4 members (excludes halogenated alkanes) is 1. The molecule has 4 heteroatoms. The van der Waals surface area contributed by atoms with E-state index in [1.165, 1.54) is 0 Å². The highest BCUT2D eigenvalue weighted by atomic mass is 14.9. The molecule has 4 nitrogen and oxygen atoms in total. The number of nitrogens with two attached hydrogens (primary N) is 2. The molecule has 0 atom stereocenters. The van der Waals surface area contributed by atoms with E-state index >= 15 is 0 Å². The van der Waals surface area contributed by atoms with Crippen LogP contribution in [0.2, 0.25) is 0 Å². The van der Waals surface area contributed by atoms with E-state index in [4.69, 9.17) is 11.5 Å². The van der Waals surface area contributed by atoms with Crippen LogP contribution in [0, 0.1) is 0 Å². The lowest BCUT2D eigenvalue weighted by Gasteiger charge is -1.98. The average molecular weight is 166 g/mol. The highest BCUT2D eigenvalue weighted by Crippen LogP contribution is 2.00. The number of rotatable bonds is 4. The first kappa shape index (κ1) is 8.93. The normalized spacial score (nSPS) is 10.1. The Balaban J connectivity index is 2.41. The lowest BCUT2D eigenvalue weighted by atomic mass is 10.2. The monoisotopic (exact) mass is 166 g/mol. The summed E-state index contributed by atoms with van der Waals surface area (Å²) in [5.74, 6) is 1.34. The van der Waals surface area contributed by atoms with Crippen molar-refractivity contribution in [2.24, 2.45) is 5.73 Å². The van der Waals surface area contributed by atoms with E-state index in [0.29, 0.717) is 5.82 Å². The van der Waals surface area contributed by atoms with Gasteiger partial charge in [0, 0.05) is 12.6 Å². The smallest absolute Gasteiger partial charge is 0.130 e. The van der Waals surface area contributed by atoms with Gasteiger partial charge < -0.3 is 11.5 Å². The minimum atomic E-state index is 0.535. The molecule has 0 saturated heterocycles. The van der Waals surface area contributed by atoms with E-state index in [9.17, 15) is 0 Å². The van der Waals surface area contributed by atoms with Crippen LogP contribution < -0.4 is 11.5 Å². The van der Waals surface area contributed by atoms with Gasteiger partial charge in [-0.25, -0.2) is 9.97 Å². The molecule has 0 spiro atoms. The molecule has 1 aromatic rings. The zero-order chi connectivity index (χ0) is 8.81. The van der Waals surface area contributed by atoms with Crippen LogP contribution in [-0.2, 0) is 6.42 Å². The van der Waals surface area contributed by atoms with Gasteiger partial charge in [-0.1, -0.05) is 0 Å². The summed E-state index contributed by atoms with van der Waals surface area (Å²) in [6, 6.07) is 1.69. The molecule has 0 aromatic carbocycles. The molecule has 0 aliphatic rings. The fourth-order valence-corrected chi connectivity index (χ4v) is 0.963. The molecular formula is C8H14N4. The molecule has 4 N–H and O–H groups in total. The Morgan fingerprint density at radius 1 is 1.33 bits per heavy atom. The molecule has 0 saturated carbocycles. The minimum Gasteiger partial charge on any atom is -0.384 e. The molecule has 0 radical (unpaired) electrons. The van der Waals surface area contributed by atoms with Crippen molar-refractivity contribution in [2.45, 2.75) is 19.3 Å². The fraction of sp³-hybridized carbons (Fsp3) is 0.500.